The number of likely N-dealkylation sites (tertiary alicyclic amines) is 1. The van der Waals surface area contributed by atoms with Crippen LogP contribution in [0.3, 0.4) is 0 Å². The van der Waals surface area contributed by atoms with Crippen molar-refractivity contribution in [3.63, 3.8) is 0 Å². The van der Waals surface area contributed by atoms with Gasteiger partial charge >= 0.3 is 12.1 Å². The lowest BCUT2D eigenvalue weighted by molar-refractivity contribution is -0.139. The molecule has 0 aliphatic carbocycles. The van der Waals surface area contributed by atoms with Crippen LogP contribution < -0.4 is 4.74 Å². The molecule has 0 saturated carbocycles. The first-order valence-electron chi connectivity index (χ1n) is 11.4. The Morgan fingerprint density at radius 3 is 2.67 bits per heavy atom. The second-order valence-electron chi connectivity index (χ2n) is 9.65. The third-order valence-corrected chi connectivity index (χ3v) is 6.28. The van der Waals surface area contributed by atoms with Crippen LogP contribution in [0.5, 0.6) is 5.75 Å². The maximum Gasteiger partial charge on any atom is 0.410 e. The number of fused-ring (bicyclic) bond motifs is 1. The van der Waals surface area contributed by atoms with Crippen LogP contribution >= 0.6 is 0 Å². The Morgan fingerprint density at radius 1 is 1.33 bits per heavy atom. The van der Waals surface area contributed by atoms with E-state index in [-0.39, 0.29) is 30.7 Å². The number of ether oxygens (including phenoxy) is 2. The van der Waals surface area contributed by atoms with Gasteiger partial charge in [-0.1, -0.05) is 6.92 Å². The minimum Gasteiger partial charge on any atom is -0.497 e. The van der Waals surface area contributed by atoms with Crippen molar-refractivity contribution < 1.29 is 28.6 Å². The van der Waals surface area contributed by atoms with E-state index in [2.05, 4.69) is 4.98 Å². The van der Waals surface area contributed by atoms with Crippen LogP contribution in [0.15, 0.2) is 24.4 Å². The van der Waals surface area contributed by atoms with Crippen molar-refractivity contribution in [2.75, 3.05) is 20.2 Å². The van der Waals surface area contributed by atoms with Gasteiger partial charge in [0.15, 0.2) is 0 Å². The number of carboxylic acids is 1. The second kappa shape index (κ2) is 9.93. The number of carbonyl (C=O) groups excluding carboxylic acids is 1. The number of aliphatic carboxylic acids is 1. The van der Waals surface area contributed by atoms with Gasteiger partial charge in [-0.15, -0.1) is 0 Å². The summed E-state index contributed by atoms with van der Waals surface area (Å²) in [6.07, 6.45) is 1.86. The van der Waals surface area contributed by atoms with Crippen LogP contribution in [0.2, 0.25) is 0 Å². The van der Waals surface area contributed by atoms with Crippen molar-refractivity contribution in [3.05, 3.63) is 35.8 Å². The first-order valence-corrected chi connectivity index (χ1v) is 11.4. The van der Waals surface area contributed by atoms with Crippen molar-refractivity contribution in [3.8, 4) is 5.75 Å². The van der Waals surface area contributed by atoms with E-state index in [9.17, 15) is 14.7 Å². The summed E-state index contributed by atoms with van der Waals surface area (Å²) in [5.41, 5.74) is 0.555. The van der Waals surface area contributed by atoms with E-state index in [1.54, 1.807) is 51.0 Å². The maximum atomic E-state index is 15.2. The van der Waals surface area contributed by atoms with Gasteiger partial charge in [-0.2, -0.15) is 0 Å². The molecule has 1 unspecified atom stereocenters. The third-order valence-electron chi connectivity index (χ3n) is 6.28. The number of piperidine rings is 1. The number of hydrogen-bond donors (Lipinski definition) is 1. The number of nitrogens with zero attached hydrogens (tertiary/aromatic N) is 2. The van der Waals surface area contributed by atoms with Crippen molar-refractivity contribution in [2.45, 2.75) is 58.5 Å². The van der Waals surface area contributed by atoms with Crippen molar-refractivity contribution in [1.82, 2.24) is 9.88 Å². The number of benzene rings is 1. The number of aromatic nitrogens is 1. The number of carboxylic acid groups (broad SMARTS) is 1. The van der Waals surface area contributed by atoms with Crippen molar-refractivity contribution in [2.24, 2.45) is 11.8 Å². The largest absolute Gasteiger partial charge is 0.497 e. The van der Waals surface area contributed by atoms with Crippen LogP contribution in [0, 0.1) is 17.7 Å². The first kappa shape index (κ1) is 24.7. The Hall–Kier alpha value is -2.90. The molecule has 1 aliphatic rings. The monoisotopic (exact) mass is 460 g/mol. The van der Waals surface area contributed by atoms with E-state index in [0.717, 1.165) is 0 Å². The molecule has 1 fully saturated rings. The Balaban J connectivity index is 1.98. The molecule has 180 valence electrons. The van der Waals surface area contributed by atoms with Gasteiger partial charge in [-0.3, -0.25) is 9.78 Å². The maximum absolute atomic E-state index is 15.2. The van der Waals surface area contributed by atoms with Gasteiger partial charge in [0.1, 0.15) is 17.2 Å². The Labute approximate surface area is 193 Å². The van der Waals surface area contributed by atoms with Gasteiger partial charge in [0, 0.05) is 24.0 Å². The molecule has 7 nitrogen and oxygen atoms in total. The summed E-state index contributed by atoms with van der Waals surface area (Å²) in [6.45, 7) is 8.06. The van der Waals surface area contributed by atoms with Crippen molar-refractivity contribution in [1.29, 1.82) is 0 Å². The van der Waals surface area contributed by atoms with E-state index >= 15 is 4.39 Å². The number of hydrogen-bond acceptors (Lipinski definition) is 5. The zero-order valence-corrected chi connectivity index (χ0v) is 19.9. The molecule has 1 N–H and O–H groups in total. The highest BCUT2D eigenvalue weighted by atomic mass is 19.1. The van der Waals surface area contributed by atoms with Gasteiger partial charge < -0.3 is 19.5 Å². The Kier molecular flexibility index (Phi) is 7.44. The number of carbonyl (C=O) groups is 2. The predicted octanol–water partition coefficient (Wildman–Crippen LogP) is 5.22. The molecule has 8 heteroatoms. The zero-order chi connectivity index (χ0) is 24.3. The number of halogens is 1. The SMILES string of the molecule is CCC(c1c(F)cnc2ccc(OC)cc12)[C@H]1CCN(C(=O)OC(C)(C)C)C[C@@H]1CC(=O)O. The topological polar surface area (TPSA) is 89.0 Å². The summed E-state index contributed by atoms with van der Waals surface area (Å²) in [4.78, 5) is 30.1. The number of methoxy groups -OCH3 is 1. The molecule has 1 amide bonds. The van der Waals surface area contributed by atoms with E-state index in [4.69, 9.17) is 9.47 Å². The van der Waals surface area contributed by atoms with Gasteiger partial charge in [0.05, 0.1) is 25.2 Å². The molecule has 1 aromatic carbocycles. The Bertz CT molecular complexity index is 1020. The van der Waals surface area contributed by atoms with Crippen molar-refractivity contribution >= 4 is 23.0 Å². The van der Waals surface area contributed by atoms with E-state index < -0.39 is 23.5 Å². The van der Waals surface area contributed by atoms with Gasteiger partial charge in [0.2, 0.25) is 0 Å². The lowest BCUT2D eigenvalue weighted by Gasteiger charge is -2.42. The van der Waals surface area contributed by atoms with E-state index in [1.807, 2.05) is 6.92 Å². The molecule has 0 radical (unpaired) electrons. The molecule has 33 heavy (non-hydrogen) atoms. The molecule has 0 spiro atoms. The molecular weight excluding hydrogens is 427 g/mol. The van der Waals surface area contributed by atoms with Crippen LogP contribution in [0.4, 0.5) is 9.18 Å². The summed E-state index contributed by atoms with van der Waals surface area (Å²) in [5, 5.41) is 10.3. The van der Waals surface area contributed by atoms with Crippen LogP contribution in [-0.2, 0) is 9.53 Å². The fraction of sp³-hybridized carbons (Fsp3) is 0.560. The van der Waals surface area contributed by atoms with Crippen LogP contribution in [-0.4, -0.2) is 52.9 Å². The third kappa shape index (κ3) is 5.72. The smallest absolute Gasteiger partial charge is 0.410 e. The number of pyridine rings is 1. The standard InChI is InChI=1S/C25H33FN2O5/c1-6-17(23-19-12-16(32-5)7-8-21(19)27-13-20(23)26)18-9-10-28(14-15(18)11-22(29)30)24(31)33-25(2,3)4/h7-8,12-13,15,17-18H,6,9-11,14H2,1-5H3,(H,29,30)/t15-,17?,18-/m0/s1. The quantitative estimate of drug-likeness (QED) is 0.635. The van der Waals surface area contributed by atoms with Crippen LogP contribution in [0.25, 0.3) is 10.9 Å². The predicted molar refractivity (Wildman–Crippen MR) is 123 cm³/mol. The van der Waals surface area contributed by atoms with Gasteiger partial charge in [0.25, 0.3) is 0 Å². The highest BCUT2D eigenvalue weighted by Gasteiger charge is 2.39. The minimum absolute atomic E-state index is 0.103. The fourth-order valence-corrected chi connectivity index (χ4v) is 4.91. The molecular formula is C25H33FN2O5. The molecule has 1 aromatic heterocycles. The molecule has 2 aromatic rings. The highest BCUT2D eigenvalue weighted by Crippen LogP contribution is 2.43. The van der Waals surface area contributed by atoms with E-state index in [0.29, 0.717) is 41.6 Å². The minimum atomic E-state index is -0.937. The summed E-state index contributed by atoms with van der Waals surface area (Å²) in [6, 6.07) is 5.36. The first-order chi connectivity index (χ1) is 15.5. The molecule has 1 saturated heterocycles. The molecule has 3 atom stereocenters. The van der Waals surface area contributed by atoms with Crippen LogP contribution in [0.1, 0.15) is 58.4 Å². The highest BCUT2D eigenvalue weighted by molar-refractivity contribution is 5.84. The number of rotatable bonds is 6. The Morgan fingerprint density at radius 2 is 2.06 bits per heavy atom. The molecule has 1 aliphatic heterocycles. The lowest BCUT2D eigenvalue weighted by atomic mass is 9.71. The number of amides is 1. The summed E-state index contributed by atoms with van der Waals surface area (Å²) < 4.78 is 26.1. The summed E-state index contributed by atoms with van der Waals surface area (Å²) >= 11 is 0. The average molecular weight is 461 g/mol. The van der Waals surface area contributed by atoms with Gasteiger partial charge in [-0.25, -0.2) is 9.18 Å². The van der Waals surface area contributed by atoms with E-state index in [1.165, 1.54) is 6.20 Å². The second-order valence-corrected chi connectivity index (χ2v) is 9.65. The normalized spacial score (nSPS) is 19.9. The summed E-state index contributed by atoms with van der Waals surface area (Å²) in [7, 11) is 1.56. The lowest BCUT2D eigenvalue weighted by Crippen LogP contribution is -2.47. The fourth-order valence-electron chi connectivity index (χ4n) is 4.91. The molecule has 2 heterocycles. The average Bonchev–Trinajstić information content (AvgIpc) is 2.74. The van der Waals surface area contributed by atoms with Gasteiger partial charge in [-0.05, 0) is 69.6 Å². The zero-order valence-electron chi connectivity index (χ0n) is 19.9. The summed E-state index contributed by atoms with van der Waals surface area (Å²) in [5.74, 6) is -1.42. The molecule has 3 rings (SSSR count). The molecule has 0 bridgehead atoms.